The van der Waals surface area contributed by atoms with E-state index in [4.69, 9.17) is 9.47 Å². The van der Waals surface area contributed by atoms with Crippen molar-refractivity contribution >= 4 is 22.7 Å². The van der Waals surface area contributed by atoms with Crippen LogP contribution in [0.15, 0.2) is 52.9 Å². The topological polar surface area (TPSA) is 55.7 Å². The number of hydrogen-bond acceptors (Lipinski definition) is 6. The Morgan fingerprint density at radius 3 is 2.74 bits per heavy atom. The van der Waals surface area contributed by atoms with Gasteiger partial charge in [0.05, 0.1) is 18.5 Å². The molecule has 140 valence electrons. The first kappa shape index (κ1) is 18.9. The quantitative estimate of drug-likeness (QED) is 0.431. The summed E-state index contributed by atoms with van der Waals surface area (Å²) in [5.74, 6) is 1.43. The molecular weight excluding hydrogens is 358 g/mol. The molecule has 0 spiro atoms. The minimum absolute atomic E-state index is 0.500. The number of nitrogens with one attached hydrogen (secondary N) is 1. The highest BCUT2D eigenvalue weighted by Gasteiger charge is 2.07. The highest BCUT2D eigenvalue weighted by molar-refractivity contribution is 7.13. The third-order valence-corrected chi connectivity index (χ3v) is 4.60. The molecule has 0 unspecified atom stereocenters. The molecule has 5 nitrogen and oxygen atoms in total. The Labute approximate surface area is 163 Å². The molecule has 0 atom stereocenters. The van der Waals surface area contributed by atoms with Crippen molar-refractivity contribution < 1.29 is 9.47 Å². The van der Waals surface area contributed by atoms with Crippen molar-refractivity contribution in [3.05, 3.63) is 70.2 Å². The number of hydrogen-bond donors (Lipinski definition) is 1. The number of nitrogens with zero attached hydrogens (tertiary/aromatic N) is 2. The van der Waals surface area contributed by atoms with Crippen LogP contribution in [-0.2, 0) is 6.61 Å². The van der Waals surface area contributed by atoms with E-state index in [0.29, 0.717) is 19.0 Å². The van der Waals surface area contributed by atoms with Gasteiger partial charge in [0.25, 0.3) is 0 Å². The average molecular weight is 382 g/mol. The molecule has 0 saturated heterocycles. The van der Waals surface area contributed by atoms with Gasteiger partial charge in [-0.2, -0.15) is 5.10 Å². The van der Waals surface area contributed by atoms with E-state index in [2.05, 4.69) is 40.6 Å². The summed E-state index contributed by atoms with van der Waals surface area (Å²) in [6.07, 6.45) is 1.74. The van der Waals surface area contributed by atoms with E-state index in [1.54, 1.807) is 6.21 Å². The minimum Gasteiger partial charge on any atom is -0.490 e. The predicted octanol–water partition coefficient (Wildman–Crippen LogP) is 5.18. The Bertz CT molecular complexity index is 921. The number of rotatable bonds is 8. The van der Waals surface area contributed by atoms with Crippen LogP contribution in [0.2, 0.25) is 0 Å². The van der Waals surface area contributed by atoms with Crippen LogP contribution in [0.25, 0.3) is 0 Å². The van der Waals surface area contributed by atoms with Crippen LogP contribution < -0.4 is 14.9 Å². The summed E-state index contributed by atoms with van der Waals surface area (Å²) in [4.78, 5) is 4.31. The zero-order chi connectivity index (χ0) is 19.1. The van der Waals surface area contributed by atoms with Crippen molar-refractivity contribution in [1.29, 1.82) is 0 Å². The number of aromatic nitrogens is 1. The van der Waals surface area contributed by atoms with Gasteiger partial charge in [-0.05, 0) is 50.1 Å². The monoisotopic (exact) mass is 381 g/mol. The number of anilines is 1. The van der Waals surface area contributed by atoms with Gasteiger partial charge in [0.15, 0.2) is 11.5 Å². The lowest BCUT2D eigenvalue weighted by molar-refractivity contribution is 0.269. The maximum Gasteiger partial charge on any atom is 0.203 e. The molecule has 0 aliphatic rings. The van der Waals surface area contributed by atoms with Gasteiger partial charge >= 0.3 is 0 Å². The Balaban J connectivity index is 1.68. The first-order chi connectivity index (χ1) is 13.1. The largest absolute Gasteiger partial charge is 0.490 e. The maximum atomic E-state index is 5.97. The molecule has 1 heterocycles. The minimum atomic E-state index is 0.500. The lowest BCUT2D eigenvalue weighted by Gasteiger charge is -2.13. The average Bonchev–Trinajstić information content (AvgIpc) is 3.06. The van der Waals surface area contributed by atoms with Crippen LogP contribution in [0.3, 0.4) is 0 Å². The zero-order valence-electron chi connectivity index (χ0n) is 15.7. The number of hydrazone groups is 1. The maximum absolute atomic E-state index is 5.97. The van der Waals surface area contributed by atoms with E-state index in [0.717, 1.165) is 27.7 Å². The van der Waals surface area contributed by atoms with E-state index in [1.165, 1.54) is 16.9 Å². The van der Waals surface area contributed by atoms with Crippen LogP contribution in [0.5, 0.6) is 11.5 Å². The molecule has 27 heavy (non-hydrogen) atoms. The number of aryl methyl sites for hydroxylation is 2. The third-order valence-electron chi connectivity index (χ3n) is 3.74. The molecule has 3 rings (SSSR count). The lowest BCUT2D eigenvalue weighted by atomic mass is 10.1. The molecule has 0 saturated carbocycles. The Morgan fingerprint density at radius 2 is 2.00 bits per heavy atom. The molecule has 0 bridgehead atoms. The second-order valence-electron chi connectivity index (χ2n) is 6.08. The van der Waals surface area contributed by atoms with Crippen molar-refractivity contribution in [2.24, 2.45) is 5.10 Å². The van der Waals surface area contributed by atoms with Gasteiger partial charge in [-0.15, -0.1) is 11.3 Å². The van der Waals surface area contributed by atoms with Gasteiger partial charge < -0.3 is 9.47 Å². The Hall–Kier alpha value is -2.86. The third kappa shape index (κ3) is 5.56. The van der Waals surface area contributed by atoms with E-state index in [-0.39, 0.29) is 0 Å². The fourth-order valence-electron chi connectivity index (χ4n) is 2.52. The summed E-state index contributed by atoms with van der Waals surface area (Å²) in [5.41, 5.74) is 7.18. The summed E-state index contributed by atoms with van der Waals surface area (Å²) >= 11 is 1.52. The van der Waals surface area contributed by atoms with Crippen LogP contribution in [0.1, 0.15) is 29.3 Å². The molecule has 0 radical (unpaired) electrons. The van der Waals surface area contributed by atoms with E-state index in [9.17, 15) is 0 Å². The smallest absolute Gasteiger partial charge is 0.203 e. The number of thiazole rings is 1. The van der Waals surface area contributed by atoms with Crippen molar-refractivity contribution in [3.8, 4) is 11.5 Å². The first-order valence-electron chi connectivity index (χ1n) is 8.80. The predicted molar refractivity (Wildman–Crippen MR) is 111 cm³/mol. The second-order valence-corrected chi connectivity index (χ2v) is 6.94. The molecule has 6 heteroatoms. The van der Waals surface area contributed by atoms with Crippen LogP contribution >= 0.6 is 11.3 Å². The summed E-state index contributed by atoms with van der Waals surface area (Å²) in [7, 11) is 0. The molecule has 1 aromatic heterocycles. The van der Waals surface area contributed by atoms with Gasteiger partial charge in [0, 0.05) is 5.38 Å². The summed E-state index contributed by atoms with van der Waals surface area (Å²) < 4.78 is 11.7. The van der Waals surface area contributed by atoms with Crippen molar-refractivity contribution in [1.82, 2.24) is 4.98 Å². The molecule has 0 amide bonds. The molecule has 3 aromatic rings. The fourth-order valence-corrected chi connectivity index (χ4v) is 3.16. The standard InChI is InChI=1S/C21H23N3O2S/c1-4-25-20-11-17(12-22-24-21-23-16(3)14-27-21)8-9-19(20)26-13-18-7-5-6-15(2)10-18/h5-12,14H,4,13H2,1-3H3,(H,23,24). The van der Waals surface area contributed by atoms with Crippen LogP contribution in [-0.4, -0.2) is 17.8 Å². The number of benzene rings is 2. The molecule has 0 aliphatic carbocycles. The lowest BCUT2D eigenvalue weighted by Crippen LogP contribution is -2.01. The van der Waals surface area contributed by atoms with Gasteiger partial charge in [0.2, 0.25) is 5.13 Å². The van der Waals surface area contributed by atoms with Crippen molar-refractivity contribution in [2.45, 2.75) is 27.4 Å². The molecular formula is C21H23N3O2S. The zero-order valence-corrected chi connectivity index (χ0v) is 16.5. The molecule has 2 aromatic carbocycles. The normalized spacial score (nSPS) is 10.9. The van der Waals surface area contributed by atoms with Gasteiger partial charge in [-0.3, -0.25) is 5.43 Å². The van der Waals surface area contributed by atoms with Gasteiger partial charge in [0.1, 0.15) is 6.61 Å². The number of ether oxygens (including phenoxy) is 2. The van der Waals surface area contributed by atoms with Crippen molar-refractivity contribution in [3.63, 3.8) is 0 Å². The molecule has 0 aliphatic heterocycles. The van der Waals surface area contributed by atoms with Gasteiger partial charge in [-0.1, -0.05) is 29.8 Å². The van der Waals surface area contributed by atoms with Crippen LogP contribution in [0, 0.1) is 13.8 Å². The molecule has 0 fully saturated rings. The molecule has 1 N–H and O–H groups in total. The van der Waals surface area contributed by atoms with E-state index in [1.807, 2.05) is 43.5 Å². The van der Waals surface area contributed by atoms with E-state index < -0.39 is 0 Å². The van der Waals surface area contributed by atoms with E-state index >= 15 is 0 Å². The highest BCUT2D eigenvalue weighted by Crippen LogP contribution is 2.29. The SMILES string of the molecule is CCOc1cc(C=NNc2nc(C)cs2)ccc1OCc1cccc(C)c1. The van der Waals surface area contributed by atoms with Gasteiger partial charge in [-0.25, -0.2) is 4.98 Å². The Morgan fingerprint density at radius 1 is 1.11 bits per heavy atom. The fraction of sp³-hybridized carbons (Fsp3) is 0.238. The summed E-state index contributed by atoms with van der Waals surface area (Å²) in [6, 6.07) is 14.1. The summed E-state index contributed by atoms with van der Waals surface area (Å²) in [6.45, 7) is 7.05. The Kier molecular flexibility index (Phi) is 6.44. The second kappa shape index (κ2) is 9.19. The summed E-state index contributed by atoms with van der Waals surface area (Å²) in [5, 5.41) is 6.98. The van der Waals surface area contributed by atoms with Crippen LogP contribution in [0.4, 0.5) is 5.13 Å². The first-order valence-corrected chi connectivity index (χ1v) is 9.68. The van der Waals surface area contributed by atoms with Crippen molar-refractivity contribution in [2.75, 3.05) is 12.0 Å². The highest BCUT2D eigenvalue weighted by atomic mass is 32.1.